The predicted molar refractivity (Wildman–Crippen MR) is 148 cm³/mol. The second-order valence-corrected chi connectivity index (χ2v) is 9.78. The number of anilines is 1. The van der Waals surface area contributed by atoms with Crippen molar-refractivity contribution in [2.45, 2.75) is 19.5 Å². The lowest BCUT2D eigenvalue weighted by Gasteiger charge is -2.17. The molecule has 11 heteroatoms. The van der Waals surface area contributed by atoms with Crippen LogP contribution in [-0.4, -0.2) is 25.7 Å². The molecule has 0 spiro atoms. The number of nitrogen functional groups attached to an aromatic ring is 1. The molecule has 6 aromatic rings. The predicted octanol–water partition coefficient (Wildman–Crippen LogP) is 4.98. The highest BCUT2D eigenvalue weighted by Gasteiger charge is 2.28. The molecule has 0 radical (unpaired) electrons. The SMILES string of the molecule is CC(c1oc2cccc(F)c2c(=O)c1-c1cccc(F)c1)n1nc(-c2ccc3c(c2)CNC3=O)c2c(N)ncnc21. The third-order valence-electron chi connectivity index (χ3n) is 7.34. The lowest BCUT2D eigenvalue weighted by Crippen LogP contribution is -2.17. The van der Waals surface area contributed by atoms with Crippen molar-refractivity contribution in [3.05, 3.63) is 106 Å². The first kappa shape index (κ1) is 24.6. The standard InChI is InChI=1S/C30H20F2N6O3/c1-14(27-22(15-4-2-5-18(31)11-15)26(39)23-20(32)6-3-7-21(23)41-27)38-29-24(28(33)35-13-36-29)25(37-38)16-8-9-19-17(10-16)12-34-30(19)40/h2-11,13-14H,12H2,1H3,(H,34,40)(H2,33,35,36). The maximum Gasteiger partial charge on any atom is 0.251 e. The normalized spacial score (nSPS) is 13.5. The van der Waals surface area contributed by atoms with E-state index in [1.807, 2.05) is 6.07 Å². The maximum absolute atomic E-state index is 14.8. The number of nitrogens with one attached hydrogen (secondary N) is 1. The summed E-state index contributed by atoms with van der Waals surface area (Å²) in [6.45, 7) is 2.13. The van der Waals surface area contributed by atoms with Crippen molar-refractivity contribution in [2.24, 2.45) is 0 Å². The maximum atomic E-state index is 14.8. The van der Waals surface area contributed by atoms with Crippen LogP contribution in [0, 0.1) is 11.6 Å². The number of nitrogens with zero attached hydrogens (tertiary/aromatic N) is 4. The number of aromatic nitrogens is 4. The van der Waals surface area contributed by atoms with Crippen LogP contribution in [0.25, 0.3) is 44.4 Å². The molecule has 0 bridgehead atoms. The number of hydrogen-bond donors (Lipinski definition) is 2. The number of halogens is 2. The quantitative estimate of drug-likeness (QED) is 0.317. The number of fused-ring (bicyclic) bond motifs is 3. The van der Waals surface area contributed by atoms with Gasteiger partial charge in [0.25, 0.3) is 5.91 Å². The van der Waals surface area contributed by atoms with E-state index in [0.29, 0.717) is 34.4 Å². The van der Waals surface area contributed by atoms with Gasteiger partial charge in [-0.25, -0.2) is 23.4 Å². The Kier molecular flexibility index (Phi) is 5.43. The van der Waals surface area contributed by atoms with Crippen molar-refractivity contribution < 1.29 is 18.0 Å². The van der Waals surface area contributed by atoms with E-state index >= 15 is 0 Å². The number of rotatable bonds is 4. The Morgan fingerprint density at radius 1 is 1.00 bits per heavy atom. The van der Waals surface area contributed by atoms with Crippen LogP contribution < -0.4 is 16.5 Å². The van der Waals surface area contributed by atoms with Crippen LogP contribution in [0.3, 0.4) is 0 Å². The van der Waals surface area contributed by atoms with E-state index in [4.69, 9.17) is 15.2 Å². The smallest absolute Gasteiger partial charge is 0.251 e. The lowest BCUT2D eigenvalue weighted by molar-refractivity contribution is 0.0965. The monoisotopic (exact) mass is 550 g/mol. The number of hydrogen-bond acceptors (Lipinski definition) is 7. The molecule has 1 aliphatic heterocycles. The second-order valence-electron chi connectivity index (χ2n) is 9.78. The minimum Gasteiger partial charge on any atom is -0.458 e. The fourth-order valence-electron chi connectivity index (χ4n) is 5.39. The van der Waals surface area contributed by atoms with E-state index in [1.54, 1.807) is 29.8 Å². The summed E-state index contributed by atoms with van der Waals surface area (Å²) in [7, 11) is 0. The minimum atomic E-state index is -0.781. The van der Waals surface area contributed by atoms with E-state index in [-0.39, 0.29) is 39.6 Å². The van der Waals surface area contributed by atoms with E-state index in [2.05, 4.69) is 15.3 Å². The van der Waals surface area contributed by atoms with Gasteiger partial charge in [-0.2, -0.15) is 5.10 Å². The molecule has 1 amide bonds. The third kappa shape index (κ3) is 3.77. The molecule has 0 aliphatic carbocycles. The largest absolute Gasteiger partial charge is 0.458 e. The zero-order chi connectivity index (χ0) is 28.4. The second kappa shape index (κ2) is 9.05. The van der Waals surface area contributed by atoms with E-state index in [9.17, 15) is 18.4 Å². The van der Waals surface area contributed by atoms with E-state index in [0.717, 1.165) is 5.56 Å². The molecule has 1 aliphatic rings. The number of carbonyl (C=O) groups excluding carboxylic acids is 1. The molecule has 0 fully saturated rings. The topological polar surface area (TPSA) is 129 Å². The van der Waals surface area contributed by atoms with Crippen molar-refractivity contribution in [1.29, 1.82) is 0 Å². The van der Waals surface area contributed by atoms with Gasteiger partial charge in [-0.15, -0.1) is 0 Å². The zero-order valence-electron chi connectivity index (χ0n) is 21.5. The van der Waals surface area contributed by atoms with Crippen molar-refractivity contribution in [1.82, 2.24) is 25.1 Å². The van der Waals surface area contributed by atoms with Gasteiger partial charge in [0.05, 0.1) is 10.9 Å². The molecule has 9 nitrogen and oxygen atoms in total. The van der Waals surface area contributed by atoms with Gasteiger partial charge >= 0.3 is 0 Å². The summed E-state index contributed by atoms with van der Waals surface area (Å²) in [5.74, 6) is -1.14. The first-order valence-electron chi connectivity index (χ1n) is 12.7. The number of amides is 1. The van der Waals surface area contributed by atoms with E-state index in [1.165, 1.54) is 42.7 Å². The molecule has 3 N–H and O–H groups in total. The Hall–Kier alpha value is -5.45. The van der Waals surface area contributed by atoms with Gasteiger partial charge in [-0.05, 0) is 54.4 Å². The number of carbonyl (C=O) groups is 1. The summed E-state index contributed by atoms with van der Waals surface area (Å²) < 4.78 is 36.9. The zero-order valence-corrected chi connectivity index (χ0v) is 21.5. The van der Waals surface area contributed by atoms with Crippen LogP contribution >= 0.6 is 0 Å². The summed E-state index contributed by atoms with van der Waals surface area (Å²) in [5.41, 5.74) is 8.85. The summed E-state index contributed by atoms with van der Waals surface area (Å²) in [5, 5.41) is 7.87. The van der Waals surface area contributed by atoms with Gasteiger partial charge < -0.3 is 15.5 Å². The molecule has 41 heavy (non-hydrogen) atoms. The van der Waals surface area contributed by atoms with Crippen molar-refractivity contribution in [3.8, 4) is 22.4 Å². The fraction of sp³-hybridized carbons (Fsp3) is 0.100. The molecule has 202 valence electrons. The molecule has 0 saturated heterocycles. The molecular formula is C30H20F2N6O3. The highest BCUT2D eigenvalue weighted by Crippen LogP contribution is 2.37. The lowest BCUT2D eigenvalue weighted by atomic mass is 9.99. The molecule has 0 saturated carbocycles. The Balaban J connectivity index is 1.49. The van der Waals surface area contributed by atoms with Crippen LogP contribution in [0.15, 0.2) is 76.2 Å². The molecule has 4 heterocycles. The average Bonchev–Trinajstić information content (AvgIpc) is 3.54. The molecule has 1 atom stereocenters. The van der Waals surface area contributed by atoms with Gasteiger partial charge in [0.15, 0.2) is 5.65 Å². The molecular weight excluding hydrogens is 530 g/mol. The van der Waals surface area contributed by atoms with Crippen molar-refractivity contribution in [3.63, 3.8) is 0 Å². The van der Waals surface area contributed by atoms with Gasteiger partial charge in [-0.3, -0.25) is 9.59 Å². The van der Waals surface area contributed by atoms with Gasteiger partial charge in [0, 0.05) is 17.7 Å². The molecule has 3 aromatic carbocycles. The Bertz CT molecular complexity index is 2120. The van der Waals surface area contributed by atoms with Gasteiger partial charge in [-0.1, -0.05) is 24.3 Å². The molecule has 1 unspecified atom stereocenters. The minimum absolute atomic E-state index is 0.00365. The number of nitrogens with two attached hydrogens (primary N) is 1. The highest BCUT2D eigenvalue weighted by molar-refractivity contribution is 6.01. The van der Waals surface area contributed by atoms with Crippen LogP contribution in [0.1, 0.15) is 34.6 Å². The van der Waals surface area contributed by atoms with Gasteiger partial charge in [0.1, 0.15) is 52.2 Å². The Morgan fingerprint density at radius 2 is 1.83 bits per heavy atom. The van der Waals surface area contributed by atoms with Crippen LogP contribution in [0.5, 0.6) is 0 Å². The summed E-state index contributed by atoms with van der Waals surface area (Å²) in [6.07, 6.45) is 1.30. The summed E-state index contributed by atoms with van der Waals surface area (Å²) in [4.78, 5) is 34.4. The Morgan fingerprint density at radius 3 is 2.66 bits per heavy atom. The third-order valence-corrected chi connectivity index (χ3v) is 7.34. The van der Waals surface area contributed by atoms with Crippen molar-refractivity contribution >= 4 is 33.7 Å². The first-order valence-corrected chi connectivity index (χ1v) is 12.7. The fourth-order valence-corrected chi connectivity index (χ4v) is 5.39. The molecule has 3 aromatic heterocycles. The molecule has 7 rings (SSSR count). The first-order chi connectivity index (χ1) is 19.8. The van der Waals surface area contributed by atoms with Crippen molar-refractivity contribution in [2.75, 3.05) is 5.73 Å². The van der Waals surface area contributed by atoms with E-state index < -0.39 is 23.1 Å². The summed E-state index contributed by atoms with van der Waals surface area (Å²) in [6, 6.07) is 14.2. The van der Waals surface area contributed by atoms with Gasteiger partial charge in [0.2, 0.25) is 5.43 Å². The number of benzene rings is 3. The highest BCUT2D eigenvalue weighted by atomic mass is 19.1. The Labute approximate surface area is 230 Å². The van der Waals surface area contributed by atoms with Crippen LogP contribution in [-0.2, 0) is 6.54 Å². The van der Waals surface area contributed by atoms with Crippen LogP contribution in [0.2, 0.25) is 0 Å². The van der Waals surface area contributed by atoms with Crippen LogP contribution in [0.4, 0.5) is 14.6 Å². The summed E-state index contributed by atoms with van der Waals surface area (Å²) >= 11 is 0. The average molecular weight is 551 g/mol.